The number of hydrogen-bond donors (Lipinski definition) is 2. The Morgan fingerprint density at radius 3 is 2.50 bits per heavy atom. The molecule has 104 valence electrons. The molecule has 0 radical (unpaired) electrons. The SMILES string of the molecule is Nc1cc(Cl)cc(C(=O)Nc2c(Cl)cc(F)cc2Br)c1. The number of carbonyl (C=O) groups is 1. The van der Waals surface area contributed by atoms with Crippen molar-refractivity contribution in [1.82, 2.24) is 0 Å². The van der Waals surface area contributed by atoms with Crippen LogP contribution in [0.1, 0.15) is 10.4 Å². The minimum absolute atomic E-state index is 0.0835. The molecule has 0 heterocycles. The first-order valence-electron chi connectivity index (χ1n) is 5.39. The molecule has 0 saturated carbocycles. The zero-order chi connectivity index (χ0) is 14.9. The van der Waals surface area contributed by atoms with Gasteiger partial charge in [-0.2, -0.15) is 0 Å². The molecule has 2 aromatic rings. The van der Waals surface area contributed by atoms with E-state index in [1.807, 2.05) is 0 Å². The van der Waals surface area contributed by atoms with E-state index < -0.39 is 11.7 Å². The largest absolute Gasteiger partial charge is 0.399 e. The van der Waals surface area contributed by atoms with Crippen LogP contribution in [0.25, 0.3) is 0 Å². The van der Waals surface area contributed by atoms with Crippen LogP contribution in [-0.2, 0) is 0 Å². The Morgan fingerprint density at radius 1 is 1.20 bits per heavy atom. The van der Waals surface area contributed by atoms with Crippen LogP contribution in [0.5, 0.6) is 0 Å². The van der Waals surface area contributed by atoms with Gasteiger partial charge >= 0.3 is 0 Å². The first-order valence-corrected chi connectivity index (χ1v) is 6.93. The van der Waals surface area contributed by atoms with Gasteiger partial charge in [-0.3, -0.25) is 4.79 Å². The number of nitrogens with one attached hydrogen (secondary N) is 1. The van der Waals surface area contributed by atoms with Crippen molar-refractivity contribution < 1.29 is 9.18 Å². The number of amides is 1. The Labute approximate surface area is 133 Å². The fourth-order valence-corrected chi connectivity index (χ4v) is 2.73. The maximum Gasteiger partial charge on any atom is 0.255 e. The van der Waals surface area contributed by atoms with Crippen molar-refractivity contribution in [1.29, 1.82) is 0 Å². The van der Waals surface area contributed by atoms with Gasteiger partial charge < -0.3 is 11.1 Å². The lowest BCUT2D eigenvalue weighted by molar-refractivity contribution is 0.102. The van der Waals surface area contributed by atoms with E-state index in [1.54, 1.807) is 0 Å². The first-order chi connectivity index (χ1) is 9.36. The highest BCUT2D eigenvalue weighted by Crippen LogP contribution is 2.32. The van der Waals surface area contributed by atoms with E-state index in [2.05, 4.69) is 21.2 Å². The molecule has 3 nitrogen and oxygen atoms in total. The highest BCUT2D eigenvalue weighted by atomic mass is 79.9. The van der Waals surface area contributed by atoms with Crippen molar-refractivity contribution in [2.75, 3.05) is 11.1 Å². The van der Waals surface area contributed by atoms with Gasteiger partial charge in [0.1, 0.15) is 5.82 Å². The molecule has 7 heteroatoms. The van der Waals surface area contributed by atoms with E-state index in [-0.39, 0.29) is 16.3 Å². The van der Waals surface area contributed by atoms with Gasteiger partial charge in [-0.1, -0.05) is 23.2 Å². The minimum atomic E-state index is -0.508. The molecule has 0 aliphatic carbocycles. The number of benzene rings is 2. The summed E-state index contributed by atoms with van der Waals surface area (Å²) in [5.41, 5.74) is 6.54. The number of carbonyl (C=O) groups excluding carboxylic acids is 1. The summed E-state index contributed by atoms with van der Waals surface area (Å²) < 4.78 is 13.5. The first kappa shape index (κ1) is 15.1. The van der Waals surface area contributed by atoms with E-state index in [1.165, 1.54) is 24.3 Å². The molecule has 0 bridgehead atoms. The van der Waals surface area contributed by atoms with Crippen LogP contribution in [0.4, 0.5) is 15.8 Å². The molecule has 0 fully saturated rings. The van der Waals surface area contributed by atoms with Crippen LogP contribution in [0.15, 0.2) is 34.8 Å². The van der Waals surface area contributed by atoms with Gasteiger partial charge in [0.2, 0.25) is 0 Å². The van der Waals surface area contributed by atoms with E-state index in [4.69, 9.17) is 28.9 Å². The van der Waals surface area contributed by atoms with Crippen LogP contribution < -0.4 is 11.1 Å². The molecule has 0 aliphatic rings. The average Bonchev–Trinajstić information content (AvgIpc) is 2.32. The van der Waals surface area contributed by atoms with E-state index in [0.29, 0.717) is 15.2 Å². The Hall–Kier alpha value is -1.30. The summed E-state index contributed by atoms with van der Waals surface area (Å²) in [5, 5.41) is 3.01. The third-order valence-electron chi connectivity index (χ3n) is 2.43. The van der Waals surface area contributed by atoms with Crippen LogP contribution >= 0.6 is 39.1 Å². The fourth-order valence-electron chi connectivity index (χ4n) is 1.59. The quantitative estimate of drug-likeness (QED) is 0.743. The normalized spacial score (nSPS) is 10.4. The Balaban J connectivity index is 2.32. The summed E-state index contributed by atoms with van der Waals surface area (Å²) in [4.78, 5) is 12.1. The van der Waals surface area contributed by atoms with Crippen molar-refractivity contribution >= 4 is 56.4 Å². The summed E-state index contributed by atoms with van der Waals surface area (Å²) in [6.45, 7) is 0. The third-order valence-corrected chi connectivity index (χ3v) is 3.57. The second-order valence-corrected chi connectivity index (χ2v) is 5.67. The van der Waals surface area contributed by atoms with Crippen molar-refractivity contribution in [2.45, 2.75) is 0 Å². The third kappa shape index (κ3) is 3.42. The van der Waals surface area contributed by atoms with Crippen molar-refractivity contribution in [3.8, 4) is 0 Å². The summed E-state index contributed by atoms with van der Waals surface area (Å²) in [5.74, 6) is -0.958. The standard InChI is InChI=1S/C13H8BrCl2FN2O/c14-10-4-8(17)5-11(16)12(10)19-13(20)6-1-7(15)3-9(18)2-6/h1-5H,18H2,(H,19,20). The number of rotatable bonds is 2. The molecule has 0 spiro atoms. The van der Waals surface area contributed by atoms with Crippen LogP contribution in [0, 0.1) is 5.82 Å². The number of halogens is 4. The molecule has 0 unspecified atom stereocenters. The lowest BCUT2D eigenvalue weighted by Crippen LogP contribution is -2.13. The molecule has 2 aromatic carbocycles. The van der Waals surface area contributed by atoms with E-state index >= 15 is 0 Å². The zero-order valence-electron chi connectivity index (χ0n) is 9.88. The molecule has 0 atom stereocenters. The van der Waals surface area contributed by atoms with E-state index in [9.17, 15) is 9.18 Å². The molecule has 0 aromatic heterocycles. The summed E-state index contributed by atoms with van der Waals surface area (Å²) in [7, 11) is 0. The molecular formula is C13H8BrCl2FN2O. The minimum Gasteiger partial charge on any atom is -0.399 e. The number of hydrogen-bond acceptors (Lipinski definition) is 2. The number of nitrogens with two attached hydrogens (primary N) is 1. The maximum absolute atomic E-state index is 13.1. The maximum atomic E-state index is 13.1. The summed E-state index contributed by atoms with van der Waals surface area (Å²) in [6, 6.07) is 6.78. The highest BCUT2D eigenvalue weighted by Gasteiger charge is 2.13. The second-order valence-electron chi connectivity index (χ2n) is 3.97. The molecule has 0 saturated heterocycles. The number of anilines is 2. The Morgan fingerprint density at radius 2 is 1.90 bits per heavy atom. The lowest BCUT2D eigenvalue weighted by atomic mass is 10.2. The second kappa shape index (κ2) is 5.99. The Bertz CT molecular complexity index is 651. The van der Waals surface area contributed by atoms with Crippen molar-refractivity contribution in [2.24, 2.45) is 0 Å². The highest BCUT2D eigenvalue weighted by molar-refractivity contribution is 9.10. The fraction of sp³-hybridized carbons (Fsp3) is 0. The molecule has 0 aliphatic heterocycles. The van der Waals surface area contributed by atoms with Crippen LogP contribution in [-0.4, -0.2) is 5.91 Å². The predicted molar refractivity (Wildman–Crippen MR) is 82.9 cm³/mol. The topological polar surface area (TPSA) is 55.1 Å². The monoisotopic (exact) mass is 376 g/mol. The molecular weight excluding hydrogens is 370 g/mol. The van der Waals surface area contributed by atoms with Crippen LogP contribution in [0.2, 0.25) is 10.0 Å². The number of nitrogen functional groups attached to an aromatic ring is 1. The molecule has 20 heavy (non-hydrogen) atoms. The lowest BCUT2D eigenvalue weighted by Gasteiger charge is -2.10. The van der Waals surface area contributed by atoms with Gasteiger partial charge in [-0.05, 0) is 46.3 Å². The van der Waals surface area contributed by atoms with Gasteiger partial charge in [-0.25, -0.2) is 4.39 Å². The molecule has 1 amide bonds. The van der Waals surface area contributed by atoms with Gasteiger partial charge in [0.25, 0.3) is 5.91 Å². The summed E-state index contributed by atoms with van der Waals surface area (Å²) in [6.07, 6.45) is 0. The summed E-state index contributed by atoms with van der Waals surface area (Å²) >= 11 is 14.9. The van der Waals surface area contributed by atoms with Crippen molar-refractivity contribution in [3.63, 3.8) is 0 Å². The van der Waals surface area contributed by atoms with E-state index in [0.717, 1.165) is 6.07 Å². The van der Waals surface area contributed by atoms with Crippen LogP contribution in [0.3, 0.4) is 0 Å². The van der Waals surface area contributed by atoms with Gasteiger partial charge in [0.05, 0.1) is 10.7 Å². The smallest absolute Gasteiger partial charge is 0.255 e. The predicted octanol–water partition coefficient (Wildman–Crippen LogP) is 4.73. The Kier molecular flexibility index (Phi) is 4.52. The average molecular weight is 378 g/mol. The molecule has 2 rings (SSSR count). The molecule has 3 N–H and O–H groups in total. The van der Waals surface area contributed by atoms with Gasteiger partial charge in [-0.15, -0.1) is 0 Å². The van der Waals surface area contributed by atoms with Gasteiger partial charge in [0, 0.05) is 20.7 Å². The van der Waals surface area contributed by atoms with Crippen molar-refractivity contribution in [3.05, 3.63) is 56.2 Å². The zero-order valence-corrected chi connectivity index (χ0v) is 13.0. The van der Waals surface area contributed by atoms with Gasteiger partial charge in [0.15, 0.2) is 0 Å².